The monoisotopic (exact) mass is 192 g/mol. The van der Waals surface area contributed by atoms with Crippen molar-refractivity contribution in [2.75, 3.05) is 7.11 Å². The first-order valence-corrected chi connectivity index (χ1v) is 4.31. The number of hydrogen-bond acceptors (Lipinski definition) is 3. The molecule has 3 nitrogen and oxygen atoms in total. The van der Waals surface area contributed by atoms with Crippen molar-refractivity contribution in [2.45, 2.75) is 31.6 Å². The van der Waals surface area contributed by atoms with E-state index in [2.05, 4.69) is 4.74 Å². The molecule has 0 aromatic heterocycles. The summed E-state index contributed by atoms with van der Waals surface area (Å²) in [5, 5.41) is -1.12. The van der Waals surface area contributed by atoms with Crippen LogP contribution in [0.5, 0.6) is 0 Å². The smallest absolute Gasteiger partial charge is 0.331 e. The number of ether oxygens (including phenoxy) is 1. The van der Waals surface area contributed by atoms with Crippen LogP contribution in [-0.2, 0) is 14.3 Å². The Kier molecular flexibility index (Phi) is 5.72. The third-order valence-electron chi connectivity index (χ3n) is 1.47. The predicted molar refractivity (Wildman–Crippen MR) is 46.2 cm³/mol. The van der Waals surface area contributed by atoms with E-state index in [9.17, 15) is 9.59 Å². The fourth-order valence-electron chi connectivity index (χ4n) is 0.713. The molecule has 0 spiro atoms. The van der Waals surface area contributed by atoms with Crippen LogP contribution in [-0.4, -0.2) is 24.2 Å². The van der Waals surface area contributed by atoms with Gasteiger partial charge in [-0.2, -0.15) is 0 Å². The van der Waals surface area contributed by atoms with Crippen LogP contribution >= 0.6 is 11.6 Å². The number of Topliss-reactive ketones (excluding diaryl/α,β-unsaturated/α-hetero) is 1. The lowest BCUT2D eigenvalue weighted by molar-refractivity contribution is -0.142. The molecule has 0 amide bonds. The number of ketones is 1. The van der Waals surface area contributed by atoms with Crippen molar-refractivity contribution in [2.24, 2.45) is 0 Å². The minimum absolute atomic E-state index is 0.259. The number of unbranched alkanes of at least 4 members (excludes halogenated alkanes) is 1. The number of alkyl halides is 1. The first kappa shape index (κ1) is 11.4. The predicted octanol–water partition coefficient (Wildman–Crippen LogP) is 1.53. The summed E-state index contributed by atoms with van der Waals surface area (Å²) >= 11 is 5.49. The molecule has 4 heteroatoms. The SMILES string of the molecule is CCCCC(=O)C(Cl)C(=O)OC. The second-order valence-electron chi connectivity index (χ2n) is 2.46. The molecule has 0 aromatic rings. The molecule has 12 heavy (non-hydrogen) atoms. The van der Waals surface area contributed by atoms with E-state index < -0.39 is 11.3 Å². The molecule has 0 aromatic carbocycles. The van der Waals surface area contributed by atoms with E-state index >= 15 is 0 Å². The summed E-state index contributed by atoms with van der Waals surface area (Å²) in [6.07, 6.45) is 2.02. The molecule has 0 saturated heterocycles. The third-order valence-corrected chi connectivity index (χ3v) is 1.89. The Morgan fingerprint density at radius 2 is 2.08 bits per heavy atom. The van der Waals surface area contributed by atoms with E-state index in [1.165, 1.54) is 7.11 Å². The number of rotatable bonds is 5. The Bertz CT molecular complexity index is 168. The van der Waals surface area contributed by atoms with Crippen LogP contribution in [0.2, 0.25) is 0 Å². The Hall–Kier alpha value is -0.570. The van der Waals surface area contributed by atoms with Gasteiger partial charge in [0.15, 0.2) is 11.2 Å². The standard InChI is InChI=1S/C8H13ClO3/c1-3-4-5-6(10)7(9)8(11)12-2/h7H,3-5H2,1-2H3. The van der Waals surface area contributed by atoms with Crippen molar-refractivity contribution >= 4 is 23.4 Å². The van der Waals surface area contributed by atoms with E-state index in [1.807, 2.05) is 6.92 Å². The molecule has 1 unspecified atom stereocenters. The topological polar surface area (TPSA) is 43.4 Å². The molecular formula is C8H13ClO3. The molecule has 0 N–H and O–H groups in total. The van der Waals surface area contributed by atoms with Gasteiger partial charge >= 0.3 is 5.97 Å². The third kappa shape index (κ3) is 3.72. The van der Waals surface area contributed by atoms with Gasteiger partial charge in [-0.25, -0.2) is 4.79 Å². The zero-order chi connectivity index (χ0) is 9.56. The summed E-state index contributed by atoms with van der Waals surface area (Å²) in [5.41, 5.74) is 0. The van der Waals surface area contributed by atoms with Crippen LogP contribution in [0.1, 0.15) is 26.2 Å². The summed E-state index contributed by atoms with van der Waals surface area (Å²) in [4.78, 5) is 21.8. The lowest BCUT2D eigenvalue weighted by Gasteiger charge is -2.04. The fourth-order valence-corrected chi connectivity index (χ4v) is 0.911. The van der Waals surface area contributed by atoms with E-state index in [4.69, 9.17) is 11.6 Å². The number of carbonyl (C=O) groups excluding carboxylic acids is 2. The van der Waals surface area contributed by atoms with Gasteiger partial charge in [0.05, 0.1) is 7.11 Å². The van der Waals surface area contributed by atoms with Gasteiger partial charge in [0.2, 0.25) is 0 Å². The first-order chi connectivity index (χ1) is 5.63. The summed E-state index contributed by atoms with van der Waals surface area (Å²) < 4.78 is 4.32. The van der Waals surface area contributed by atoms with Crippen LogP contribution < -0.4 is 0 Å². The molecule has 0 radical (unpaired) electrons. The molecule has 0 rings (SSSR count). The maximum Gasteiger partial charge on any atom is 0.331 e. The van der Waals surface area contributed by atoms with Gasteiger partial charge in [0, 0.05) is 6.42 Å². The summed E-state index contributed by atoms with van der Waals surface area (Å²) in [6.45, 7) is 1.97. The van der Waals surface area contributed by atoms with Crippen LogP contribution in [0.15, 0.2) is 0 Å². The minimum Gasteiger partial charge on any atom is -0.468 e. The van der Waals surface area contributed by atoms with Crippen LogP contribution in [0.25, 0.3) is 0 Å². The summed E-state index contributed by atoms with van der Waals surface area (Å²) in [6, 6.07) is 0. The maximum absolute atomic E-state index is 11.1. The molecular weight excluding hydrogens is 180 g/mol. The van der Waals surface area contributed by atoms with Crippen molar-refractivity contribution in [3.63, 3.8) is 0 Å². The summed E-state index contributed by atoms with van der Waals surface area (Å²) in [5.74, 6) is -0.928. The zero-order valence-corrected chi connectivity index (χ0v) is 8.06. The molecule has 0 aliphatic heterocycles. The lowest BCUT2D eigenvalue weighted by Crippen LogP contribution is -2.25. The number of carbonyl (C=O) groups is 2. The van der Waals surface area contributed by atoms with Crippen molar-refractivity contribution < 1.29 is 14.3 Å². The van der Waals surface area contributed by atoms with E-state index in [0.717, 1.165) is 12.8 Å². The van der Waals surface area contributed by atoms with Gasteiger partial charge in [-0.15, -0.1) is 11.6 Å². The molecule has 0 heterocycles. The van der Waals surface area contributed by atoms with Crippen molar-refractivity contribution in [1.82, 2.24) is 0 Å². The van der Waals surface area contributed by atoms with Crippen LogP contribution in [0.4, 0.5) is 0 Å². The van der Waals surface area contributed by atoms with Gasteiger partial charge in [0.25, 0.3) is 0 Å². The van der Waals surface area contributed by atoms with Crippen molar-refractivity contribution in [1.29, 1.82) is 0 Å². The average Bonchev–Trinajstić information content (AvgIpc) is 2.11. The Labute approximate surface area is 77.0 Å². The van der Waals surface area contributed by atoms with Crippen molar-refractivity contribution in [3.05, 3.63) is 0 Å². The van der Waals surface area contributed by atoms with Gasteiger partial charge in [-0.05, 0) is 6.42 Å². The van der Waals surface area contributed by atoms with Gasteiger partial charge in [0.1, 0.15) is 0 Å². The summed E-state index contributed by atoms with van der Waals surface area (Å²) in [7, 11) is 1.21. The fraction of sp³-hybridized carbons (Fsp3) is 0.750. The lowest BCUT2D eigenvalue weighted by atomic mass is 10.1. The van der Waals surface area contributed by atoms with Crippen molar-refractivity contribution in [3.8, 4) is 0 Å². The molecule has 0 bridgehead atoms. The zero-order valence-electron chi connectivity index (χ0n) is 7.30. The average molecular weight is 193 g/mol. The highest BCUT2D eigenvalue weighted by Gasteiger charge is 2.23. The maximum atomic E-state index is 11.1. The van der Waals surface area contributed by atoms with Gasteiger partial charge < -0.3 is 4.74 Å². The molecule has 70 valence electrons. The number of halogens is 1. The molecule has 0 fully saturated rings. The molecule has 0 aliphatic carbocycles. The van der Waals surface area contributed by atoms with E-state index in [1.54, 1.807) is 0 Å². The largest absolute Gasteiger partial charge is 0.468 e. The second kappa shape index (κ2) is 6.00. The van der Waals surface area contributed by atoms with Crippen LogP contribution in [0, 0.1) is 0 Å². The Morgan fingerprint density at radius 3 is 2.50 bits per heavy atom. The molecule has 1 atom stereocenters. The van der Waals surface area contributed by atoms with Crippen LogP contribution in [0.3, 0.4) is 0 Å². The molecule has 0 saturated carbocycles. The molecule has 0 aliphatic rings. The highest BCUT2D eigenvalue weighted by atomic mass is 35.5. The highest BCUT2D eigenvalue weighted by Crippen LogP contribution is 2.06. The quantitative estimate of drug-likeness (QED) is 0.377. The Morgan fingerprint density at radius 1 is 1.50 bits per heavy atom. The number of esters is 1. The van der Waals surface area contributed by atoms with Gasteiger partial charge in [-0.1, -0.05) is 13.3 Å². The Balaban J connectivity index is 3.84. The number of methoxy groups -OCH3 is 1. The normalized spacial score (nSPS) is 12.2. The number of hydrogen-bond donors (Lipinski definition) is 0. The van der Waals surface area contributed by atoms with E-state index in [-0.39, 0.29) is 5.78 Å². The minimum atomic E-state index is -1.12. The first-order valence-electron chi connectivity index (χ1n) is 3.88. The van der Waals surface area contributed by atoms with E-state index in [0.29, 0.717) is 6.42 Å². The highest BCUT2D eigenvalue weighted by molar-refractivity contribution is 6.41. The second-order valence-corrected chi connectivity index (χ2v) is 2.89. The van der Waals surface area contributed by atoms with Gasteiger partial charge in [-0.3, -0.25) is 4.79 Å².